The molecule has 5 heteroatoms. The molecule has 0 aliphatic rings. The molecule has 1 atom stereocenters. The highest BCUT2D eigenvalue weighted by Gasteiger charge is 2.10. The smallest absolute Gasteiger partial charge is 0.275 e. The molecule has 2 aromatic rings. The molecule has 0 aliphatic carbocycles. The molecule has 2 rings (SSSR count). The Morgan fingerprint density at radius 3 is 2.30 bits per heavy atom. The van der Waals surface area contributed by atoms with E-state index >= 15 is 0 Å². The molecule has 0 aromatic heterocycles. The Labute approximate surface area is 147 Å². The van der Waals surface area contributed by atoms with E-state index in [9.17, 15) is 4.79 Å². The third-order valence-corrected chi connectivity index (χ3v) is 4.53. The Hall–Kier alpha value is -1.49. The van der Waals surface area contributed by atoms with Crippen LogP contribution in [0, 0.1) is 0 Å². The Morgan fingerprint density at radius 1 is 1.09 bits per heavy atom. The minimum atomic E-state index is 0.0539. The number of hydrogen-bond donors (Lipinski definition) is 2. The van der Waals surface area contributed by atoms with Crippen LogP contribution >= 0.6 is 23.4 Å². The van der Waals surface area contributed by atoms with Gasteiger partial charge in [0, 0.05) is 22.0 Å². The SMILES string of the molecule is CSc1ccc(C[NH+](C)CC(=O)NCc2ccc(Cl)cc2)cc1. The van der Waals surface area contributed by atoms with Crippen LogP contribution in [-0.4, -0.2) is 25.8 Å². The normalized spacial score (nSPS) is 12.0. The summed E-state index contributed by atoms with van der Waals surface area (Å²) < 4.78 is 0. The summed E-state index contributed by atoms with van der Waals surface area (Å²) in [6.07, 6.45) is 2.07. The monoisotopic (exact) mass is 349 g/mol. The standard InChI is InChI=1S/C18H21ClN2OS/c1-21(12-15-5-9-17(23-2)10-6-15)13-18(22)20-11-14-3-7-16(19)8-4-14/h3-10H,11-13H2,1-2H3,(H,20,22)/p+1. The number of nitrogens with one attached hydrogen (secondary N) is 2. The van der Waals surface area contributed by atoms with Crippen LogP contribution in [0.1, 0.15) is 11.1 Å². The molecule has 0 saturated carbocycles. The zero-order valence-electron chi connectivity index (χ0n) is 13.4. The van der Waals surface area contributed by atoms with Crippen molar-refractivity contribution in [3.63, 3.8) is 0 Å². The van der Waals surface area contributed by atoms with Gasteiger partial charge in [-0.25, -0.2) is 0 Å². The number of benzene rings is 2. The largest absolute Gasteiger partial charge is 0.347 e. The molecule has 0 spiro atoms. The summed E-state index contributed by atoms with van der Waals surface area (Å²) in [4.78, 5) is 14.4. The van der Waals surface area contributed by atoms with Crippen molar-refractivity contribution < 1.29 is 9.69 Å². The molecular formula is C18H22ClN2OS+. The van der Waals surface area contributed by atoms with Gasteiger partial charge in [-0.1, -0.05) is 35.9 Å². The van der Waals surface area contributed by atoms with Crippen LogP contribution in [0.25, 0.3) is 0 Å². The second-order valence-corrected chi connectivity index (χ2v) is 6.88. The van der Waals surface area contributed by atoms with E-state index in [1.165, 1.54) is 10.5 Å². The lowest BCUT2D eigenvalue weighted by atomic mass is 10.2. The van der Waals surface area contributed by atoms with E-state index in [1.807, 2.05) is 31.3 Å². The first-order valence-corrected chi connectivity index (χ1v) is 9.12. The van der Waals surface area contributed by atoms with Gasteiger partial charge in [0.15, 0.2) is 6.54 Å². The van der Waals surface area contributed by atoms with Gasteiger partial charge in [-0.2, -0.15) is 0 Å². The maximum atomic E-state index is 12.0. The van der Waals surface area contributed by atoms with E-state index < -0.39 is 0 Å². The van der Waals surface area contributed by atoms with Crippen molar-refractivity contribution in [3.05, 3.63) is 64.7 Å². The van der Waals surface area contributed by atoms with Crippen molar-refractivity contribution >= 4 is 29.3 Å². The van der Waals surface area contributed by atoms with Crippen molar-refractivity contribution in [3.8, 4) is 0 Å². The van der Waals surface area contributed by atoms with Crippen molar-refractivity contribution in [2.45, 2.75) is 18.0 Å². The fourth-order valence-corrected chi connectivity index (χ4v) is 2.83. The van der Waals surface area contributed by atoms with E-state index in [0.717, 1.165) is 17.0 Å². The lowest BCUT2D eigenvalue weighted by molar-refractivity contribution is -0.885. The predicted octanol–water partition coefficient (Wildman–Crippen LogP) is 2.39. The lowest BCUT2D eigenvalue weighted by Gasteiger charge is -2.14. The van der Waals surface area contributed by atoms with Gasteiger partial charge in [0.2, 0.25) is 0 Å². The van der Waals surface area contributed by atoms with Gasteiger partial charge >= 0.3 is 0 Å². The number of hydrogen-bond acceptors (Lipinski definition) is 2. The summed E-state index contributed by atoms with van der Waals surface area (Å²) in [5.74, 6) is 0.0539. The molecule has 0 radical (unpaired) electrons. The molecule has 3 nitrogen and oxygen atoms in total. The van der Waals surface area contributed by atoms with Crippen LogP contribution in [0.4, 0.5) is 0 Å². The number of amides is 1. The minimum Gasteiger partial charge on any atom is -0.347 e. The number of likely N-dealkylation sites (N-methyl/N-ethyl adjacent to an activating group) is 1. The molecule has 0 fully saturated rings. The average molecular weight is 350 g/mol. The van der Waals surface area contributed by atoms with E-state index in [0.29, 0.717) is 18.1 Å². The van der Waals surface area contributed by atoms with Gasteiger partial charge in [-0.15, -0.1) is 11.8 Å². The molecule has 1 amide bonds. The lowest BCUT2D eigenvalue weighted by Crippen LogP contribution is -3.08. The Bertz CT molecular complexity index is 628. The summed E-state index contributed by atoms with van der Waals surface area (Å²) in [7, 11) is 2.03. The molecule has 0 aliphatic heterocycles. The summed E-state index contributed by atoms with van der Waals surface area (Å²) >= 11 is 7.58. The number of halogens is 1. The highest BCUT2D eigenvalue weighted by atomic mass is 35.5. The second-order valence-electron chi connectivity index (χ2n) is 5.56. The van der Waals surface area contributed by atoms with Gasteiger partial charge in [-0.05, 0) is 36.1 Å². The van der Waals surface area contributed by atoms with Gasteiger partial charge in [0.1, 0.15) is 6.54 Å². The Morgan fingerprint density at radius 2 is 1.70 bits per heavy atom. The minimum absolute atomic E-state index is 0.0539. The van der Waals surface area contributed by atoms with Gasteiger partial charge in [-0.3, -0.25) is 4.79 Å². The maximum absolute atomic E-state index is 12.0. The van der Waals surface area contributed by atoms with Crippen molar-refractivity contribution in [2.75, 3.05) is 19.8 Å². The first kappa shape index (κ1) is 17.9. The van der Waals surface area contributed by atoms with Crippen LogP contribution < -0.4 is 10.2 Å². The average Bonchev–Trinajstić information content (AvgIpc) is 2.55. The fraction of sp³-hybridized carbons (Fsp3) is 0.278. The molecule has 122 valence electrons. The van der Waals surface area contributed by atoms with Gasteiger partial charge in [0.05, 0.1) is 7.05 Å². The molecule has 0 bridgehead atoms. The van der Waals surface area contributed by atoms with Crippen molar-refractivity contribution in [1.29, 1.82) is 0 Å². The number of rotatable bonds is 7. The van der Waals surface area contributed by atoms with Crippen molar-refractivity contribution in [1.82, 2.24) is 5.32 Å². The van der Waals surface area contributed by atoms with Crippen LogP contribution in [-0.2, 0) is 17.9 Å². The molecule has 2 N–H and O–H groups in total. The van der Waals surface area contributed by atoms with Crippen LogP contribution in [0.15, 0.2) is 53.4 Å². The van der Waals surface area contributed by atoms with E-state index in [4.69, 9.17) is 11.6 Å². The van der Waals surface area contributed by atoms with Gasteiger partial charge in [0.25, 0.3) is 5.91 Å². The van der Waals surface area contributed by atoms with Gasteiger partial charge < -0.3 is 10.2 Å². The van der Waals surface area contributed by atoms with Crippen LogP contribution in [0.2, 0.25) is 5.02 Å². The highest BCUT2D eigenvalue weighted by molar-refractivity contribution is 7.98. The number of carbonyl (C=O) groups is 1. The highest BCUT2D eigenvalue weighted by Crippen LogP contribution is 2.14. The Balaban J connectivity index is 1.76. The molecule has 1 unspecified atom stereocenters. The molecule has 2 aromatic carbocycles. The van der Waals surface area contributed by atoms with E-state index in [1.54, 1.807) is 11.8 Å². The zero-order chi connectivity index (χ0) is 16.7. The molecule has 0 saturated heterocycles. The summed E-state index contributed by atoms with van der Waals surface area (Å²) in [6, 6.07) is 16.0. The molecule has 0 heterocycles. The fourth-order valence-electron chi connectivity index (χ4n) is 2.29. The number of carbonyl (C=O) groups excluding carboxylic acids is 1. The topological polar surface area (TPSA) is 33.5 Å². The molecular weight excluding hydrogens is 328 g/mol. The number of quaternary nitrogens is 1. The summed E-state index contributed by atoms with van der Waals surface area (Å²) in [6.45, 7) is 1.83. The first-order valence-electron chi connectivity index (χ1n) is 7.52. The van der Waals surface area contributed by atoms with Crippen LogP contribution in [0.3, 0.4) is 0 Å². The molecule has 23 heavy (non-hydrogen) atoms. The summed E-state index contributed by atoms with van der Waals surface area (Å²) in [5, 5.41) is 3.65. The Kier molecular flexibility index (Phi) is 6.96. The zero-order valence-corrected chi connectivity index (χ0v) is 15.0. The number of thioether (sulfide) groups is 1. The van der Waals surface area contributed by atoms with Crippen molar-refractivity contribution in [2.24, 2.45) is 0 Å². The first-order chi connectivity index (χ1) is 11.1. The second kappa shape index (κ2) is 8.96. The summed E-state index contributed by atoms with van der Waals surface area (Å²) in [5.41, 5.74) is 2.29. The van der Waals surface area contributed by atoms with E-state index in [-0.39, 0.29) is 5.91 Å². The predicted molar refractivity (Wildman–Crippen MR) is 97.0 cm³/mol. The third kappa shape index (κ3) is 6.26. The van der Waals surface area contributed by atoms with Crippen LogP contribution in [0.5, 0.6) is 0 Å². The quantitative estimate of drug-likeness (QED) is 0.752. The maximum Gasteiger partial charge on any atom is 0.275 e. The van der Waals surface area contributed by atoms with E-state index in [2.05, 4.69) is 35.8 Å². The third-order valence-electron chi connectivity index (χ3n) is 3.53.